The van der Waals surface area contributed by atoms with Gasteiger partial charge in [-0.2, -0.15) is 26.3 Å². The number of halogens is 6. The van der Waals surface area contributed by atoms with Crippen LogP contribution in [-0.2, 0) is 18.6 Å². The molecular formula is C27H27F6N3O. The zero-order valence-corrected chi connectivity index (χ0v) is 19.9. The van der Waals surface area contributed by atoms with Crippen molar-refractivity contribution in [3.05, 3.63) is 89.7 Å². The zero-order chi connectivity index (χ0) is 26.7. The zero-order valence-electron chi connectivity index (χ0n) is 19.9. The summed E-state index contributed by atoms with van der Waals surface area (Å²) < 4.78 is 78.5. The van der Waals surface area contributed by atoms with E-state index in [2.05, 4.69) is 14.8 Å². The first-order valence-corrected chi connectivity index (χ1v) is 11.9. The molecule has 37 heavy (non-hydrogen) atoms. The lowest BCUT2D eigenvalue weighted by Gasteiger charge is -2.34. The predicted molar refractivity (Wildman–Crippen MR) is 128 cm³/mol. The standard InChI is InChI=1S/C27H27F6N3O/c28-26(29,30)25(37,27(31,32)33)24-7-5-23(6-8-24)22-3-1-20(2-4-22)11-14-35-15-17-36(18-16-35)19-21-9-12-34-13-10-21/h1-10,12-13,37H,11,14-19H2. The Morgan fingerprint density at radius 1 is 0.649 bits per heavy atom. The summed E-state index contributed by atoms with van der Waals surface area (Å²) in [5.41, 5.74) is -2.76. The molecular weight excluding hydrogens is 496 g/mol. The number of benzene rings is 2. The third-order valence-electron chi connectivity index (χ3n) is 6.75. The van der Waals surface area contributed by atoms with Crippen molar-refractivity contribution in [3.8, 4) is 11.1 Å². The summed E-state index contributed by atoms with van der Waals surface area (Å²) in [5, 5.41) is 9.54. The highest BCUT2D eigenvalue weighted by Gasteiger charge is 2.71. The van der Waals surface area contributed by atoms with Crippen molar-refractivity contribution in [2.24, 2.45) is 0 Å². The summed E-state index contributed by atoms with van der Waals surface area (Å²) in [6.45, 7) is 5.70. The van der Waals surface area contributed by atoms with Gasteiger partial charge in [0.1, 0.15) is 0 Å². The second-order valence-corrected chi connectivity index (χ2v) is 9.20. The summed E-state index contributed by atoms with van der Waals surface area (Å²) in [6, 6.07) is 15.1. The molecule has 1 N–H and O–H groups in total. The van der Waals surface area contributed by atoms with E-state index in [9.17, 15) is 31.4 Å². The van der Waals surface area contributed by atoms with Crippen LogP contribution in [0, 0.1) is 0 Å². The molecule has 10 heteroatoms. The predicted octanol–water partition coefficient (Wildman–Crippen LogP) is 5.42. The minimum Gasteiger partial charge on any atom is -0.369 e. The van der Waals surface area contributed by atoms with E-state index in [1.54, 1.807) is 24.5 Å². The van der Waals surface area contributed by atoms with Crippen molar-refractivity contribution in [3.63, 3.8) is 0 Å². The lowest BCUT2D eigenvalue weighted by Crippen LogP contribution is -2.53. The van der Waals surface area contributed by atoms with Crippen LogP contribution < -0.4 is 0 Å². The van der Waals surface area contributed by atoms with Gasteiger partial charge in [-0.25, -0.2) is 0 Å². The highest BCUT2D eigenvalue weighted by atomic mass is 19.4. The molecule has 1 aliphatic heterocycles. The summed E-state index contributed by atoms with van der Waals surface area (Å²) >= 11 is 0. The Balaban J connectivity index is 1.31. The molecule has 0 atom stereocenters. The van der Waals surface area contributed by atoms with E-state index in [1.165, 1.54) is 5.56 Å². The largest absolute Gasteiger partial charge is 0.430 e. The number of pyridine rings is 1. The van der Waals surface area contributed by atoms with Gasteiger partial charge >= 0.3 is 12.4 Å². The van der Waals surface area contributed by atoms with E-state index >= 15 is 0 Å². The van der Waals surface area contributed by atoms with Crippen molar-refractivity contribution < 1.29 is 31.4 Å². The number of rotatable bonds is 7. The summed E-state index contributed by atoms with van der Waals surface area (Å²) in [4.78, 5) is 8.86. The van der Waals surface area contributed by atoms with E-state index in [-0.39, 0.29) is 0 Å². The number of nitrogens with zero attached hydrogens (tertiary/aromatic N) is 3. The van der Waals surface area contributed by atoms with Crippen LogP contribution in [0.4, 0.5) is 26.3 Å². The van der Waals surface area contributed by atoms with Crippen LogP contribution >= 0.6 is 0 Å². The highest BCUT2D eigenvalue weighted by Crippen LogP contribution is 2.50. The summed E-state index contributed by atoms with van der Waals surface area (Å²) in [6.07, 6.45) is -7.38. The normalized spacial score (nSPS) is 16.2. The van der Waals surface area contributed by atoms with E-state index in [0.717, 1.165) is 63.4 Å². The topological polar surface area (TPSA) is 39.6 Å². The van der Waals surface area contributed by atoms with Gasteiger partial charge in [0.15, 0.2) is 0 Å². The van der Waals surface area contributed by atoms with E-state index in [0.29, 0.717) is 23.3 Å². The van der Waals surface area contributed by atoms with Crippen molar-refractivity contribution in [2.75, 3.05) is 32.7 Å². The first-order valence-electron chi connectivity index (χ1n) is 11.9. The minimum absolute atomic E-state index is 0.451. The Labute approximate surface area is 211 Å². The van der Waals surface area contributed by atoms with Gasteiger partial charge in [-0.3, -0.25) is 9.88 Å². The Morgan fingerprint density at radius 2 is 1.14 bits per heavy atom. The average molecular weight is 524 g/mol. The van der Waals surface area contributed by atoms with Gasteiger partial charge in [0.25, 0.3) is 5.60 Å². The fraction of sp³-hybridized carbons (Fsp3) is 0.370. The van der Waals surface area contributed by atoms with Gasteiger partial charge in [-0.1, -0.05) is 48.5 Å². The van der Waals surface area contributed by atoms with Crippen LogP contribution in [0.15, 0.2) is 73.1 Å². The lowest BCUT2D eigenvalue weighted by molar-refractivity contribution is -0.376. The highest BCUT2D eigenvalue weighted by molar-refractivity contribution is 5.64. The Bertz CT molecular complexity index is 1130. The van der Waals surface area contributed by atoms with Gasteiger partial charge in [0.05, 0.1) is 0 Å². The number of aliphatic hydroxyl groups is 1. The quantitative estimate of drug-likeness (QED) is 0.420. The van der Waals surface area contributed by atoms with Crippen molar-refractivity contribution in [1.82, 2.24) is 14.8 Å². The molecule has 0 amide bonds. The molecule has 1 fully saturated rings. The molecule has 0 radical (unpaired) electrons. The van der Waals surface area contributed by atoms with E-state index < -0.39 is 23.5 Å². The van der Waals surface area contributed by atoms with Crippen molar-refractivity contribution >= 4 is 0 Å². The summed E-state index contributed by atoms with van der Waals surface area (Å²) in [5.74, 6) is 0. The maximum Gasteiger partial charge on any atom is 0.430 e. The fourth-order valence-electron chi connectivity index (χ4n) is 4.46. The first-order chi connectivity index (χ1) is 17.5. The first kappa shape index (κ1) is 27.1. The number of alkyl halides is 6. The van der Waals surface area contributed by atoms with Gasteiger partial charge in [-0.15, -0.1) is 0 Å². The molecule has 1 saturated heterocycles. The third kappa shape index (κ3) is 6.14. The number of hydrogen-bond donors (Lipinski definition) is 1. The number of aromatic nitrogens is 1. The second kappa shape index (κ2) is 10.8. The Kier molecular flexibility index (Phi) is 7.91. The van der Waals surface area contributed by atoms with Gasteiger partial charge in [0.2, 0.25) is 0 Å². The van der Waals surface area contributed by atoms with Crippen LogP contribution in [0.1, 0.15) is 16.7 Å². The maximum atomic E-state index is 13.1. The maximum absolute atomic E-state index is 13.1. The Hall–Kier alpha value is -2.95. The molecule has 0 unspecified atom stereocenters. The minimum atomic E-state index is -5.90. The summed E-state index contributed by atoms with van der Waals surface area (Å²) in [7, 11) is 0. The third-order valence-corrected chi connectivity index (χ3v) is 6.75. The van der Waals surface area contributed by atoms with Crippen LogP contribution in [0.3, 0.4) is 0 Å². The van der Waals surface area contributed by atoms with E-state index in [1.807, 2.05) is 24.3 Å². The average Bonchev–Trinajstić information content (AvgIpc) is 2.87. The molecule has 0 bridgehead atoms. The van der Waals surface area contributed by atoms with Crippen LogP contribution in [0.25, 0.3) is 11.1 Å². The molecule has 1 aromatic heterocycles. The molecule has 3 aromatic rings. The van der Waals surface area contributed by atoms with Crippen LogP contribution in [0.2, 0.25) is 0 Å². The fourth-order valence-corrected chi connectivity index (χ4v) is 4.46. The molecule has 1 aliphatic rings. The lowest BCUT2D eigenvalue weighted by atomic mass is 9.90. The molecule has 2 aromatic carbocycles. The molecule has 4 rings (SSSR count). The molecule has 0 saturated carbocycles. The smallest absolute Gasteiger partial charge is 0.369 e. The second-order valence-electron chi connectivity index (χ2n) is 9.20. The molecule has 0 spiro atoms. The van der Waals surface area contributed by atoms with Crippen LogP contribution in [-0.4, -0.2) is 65.0 Å². The number of piperazine rings is 1. The molecule has 2 heterocycles. The van der Waals surface area contributed by atoms with Crippen LogP contribution in [0.5, 0.6) is 0 Å². The van der Waals surface area contributed by atoms with Crippen molar-refractivity contribution in [1.29, 1.82) is 0 Å². The van der Waals surface area contributed by atoms with Gasteiger partial charge in [-0.05, 0) is 40.8 Å². The van der Waals surface area contributed by atoms with Gasteiger partial charge in [0, 0.05) is 57.2 Å². The SMILES string of the molecule is OC(c1ccc(-c2ccc(CCN3CCN(Cc4ccncc4)CC3)cc2)cc1)(C(F)(F)F)C(F)(F)F. The van der Waals surface area contributed by atoms with Crippen molar-refractivity contribution in [2.45, 2.75) is 30.9 Å². The molecule has 4 nitrogen and oxygen atoms in total. The van der Waals surface area contributed by atoms with E-state index in [4.69, 9.17) is 0 Å². The number of hydrogen-bond acceptors (Lipinski definition) is 4. The molecule has 198 valence electrons. The monoisotopic (exact) mass is 523 g/mol. The molecule has 0 aliphatic carbocycles. The van der Waals surface area contributed by atoms with Gasteiger partial charge < -0.3 is 10.0 Å². The Morgan fingerprint density at radius 3 is 1.65 bits per heavy atom.